The Balaban J connectivity index is 1.33. The van der Waals surface area contributed by atoms with Gasteiger partial charge in [-0.15, -0.1) is 5.10 Å². The van der Waals surface area contributed by atoms with E-state index in [1.165, 1.54) is 28.7 Å². The van der Waals surface area contributed by atoms with Gasteiger partial charge < -0.3 is 14.2 Å². The van der Waals surface area contributed by atoms with Crippen LogP contribution in [-0.4, -0.2) is 27.8 Å². The number of hydrogen-bond acceptors (Lipinski definition) is 7. The van der Waals surface area contributed by atoms with Gasteiger partial charge in [0.05, 0.1) is 11.1 Å². The Labute approximate surface area is 188 Å². The van der Waals surface area contributed by atoms with Crippen molar-refractivity contribution in [1.29, 1.82) is 0 Å². The first-order valence-electron chi connectivity index (χ1n) is 10.7. The maximum absolute atomic E-state index is 12.8. The van der Waals surface area contributed by atoms with Crippen molar-refractivity contribution in [3.63, 3.8) is 0 Å². The van der Waals surface area contributed by atoms with E-state index >= 15 is 0 Å². The highest BCUT2D eigenvalue weighted by Gasteiger charge is 2.27. The molecule has 0 unspecified atom stereocenters. The molecule has 0 saturated carbocycles. The highest BCUT2D eigenvalue weighted by molar-refractivity contribution is 7.15. The molecule has 1 aliphatic heterocycles. The summed E-state index contributed by atoms with van der Waals surface area (Å²) in [7, 11) is 0. The van der Waals surface area contributed by atoms with Gasteiger partial charge in [-0.1, -0.05) is 55.4 Å². The van der Waals surface area contributed by atoms with Crippen molar-refractivity contribution in [1.82, 2.24) is 14.6 Å². The lowest BCUT2D eigenvalue weighted by molar-refractivity contribution is 0.0852. The monoisotopic (exact) mass is 449 g/mol. The first-order valence-corrected chi connectivity index (χ1v) is 11.6. The molecule has 0 bridgehead atoms. The number of unbranched alkanes of at least 4 members (excludes halogenated alkanes) is 2. The molecule has 0 spiro atoms. The third kappa shape index (κ3) is 4.18. The van der Waals surface area contributed by atoms with Gasteiger partial charge >= 0.3 is 0 Å². The van der Waals surface area contributed by atoms with Crippen LogP contribution in [0.25, 0.3) is 11.0 Å². The standard InChI is InChI=1S/C24H23N3O4S/c1-2-3-6-13-29-17-11-9-16(10-12-17)14-21-23(28)27-24(32-21)25-22(26-27)20-15-30-18-7-4-5-8-19(18)31-20/h4-5,7-12,14,20H,2-3,6,13,15H2,1H3/b21-14-/t20-/m0/s1. The van der Waals surface area contributed by atoms with E-state index in [-0.39, 0.29) is 5.56 Å². The normalized spacial score (nSPS) is 15.9. The van der Waals surface area contributed by atoms with E-state index < -0.39 is 6.10 Å². The fourth-order valence-corrected chi connectivity index (χ4v) is 4.40. The summed E-state index contributed by atoms with van der Waals surface area (Å²) in [6, 6.07) is 15.2. The number of hydrogen-bond donors (Lipinski definition) is 0. The van der Waals surface area contributed by atoms with E-state index in [2.05, 4.69) is 17.0 Å². The summed E-state index contributed by atoms with van der Waals surface area (Å²) < 4.78 is 19.4. The molecule has 5 rings (SSSR count). The summed E-state index contributed by atoms with van der Waals surface area (Å²) in [4.78, 5) is 17.9. The number of aromatic nitrogens is 3. The zero-order chi connectivity index (χ0) is 21.9. The smallest absolute Gasteiger partial charge is 0.291 e. The number of rotatable bonds is 7. The van der Waals surface area contributed by atoms with Crippen LogP contribution in [-0.2, 0) is 0 Å². The van der Waals surface area contributed by atoms with E-state index in [0.29, 0.717) is 33.4 Å². The van der Waals surface area contributed by atoms with Crippen molar-refractivity contribution >= 4 is 22.4 Å². The number of nitrogens with zero attached hydrogens (tertiary/aromatic N) is 3. The molecule has 1 atom stereocenters. The van der Waals surface area contributed by atoms with E-state index in [9.17, 15) is 4.79 Å². The lowest BCUT2D eigenvalue weighted by atomic mass is 10.2. The van der Waals surface area contributed by atoms with Gasteiger partial charge in [-0.05, 0) is 42.3 Å². The minimum atomic E-state index is -0.450. The van der Waals surface area contributed by atoms with Crippen molar-refractivity contribution in [3.8, 4) is 17.2 Å². The first kappa shape index (κ1) is 20.5. The summed E-state index contributed by atoms with van der Waals surface area (Å²) in [6.07, 6.45) is 4.79. The van der Waals surface area contributed by atoms with Crippen LogP contribution in [0.4, 0.5) is 0 Å². The Morgan fingerprint density at radius 2 is 1.97 bits per heavy atom. The SMILES string of the molecule is CCCCCOc1ccc(/C=c2\sc3nc([C@@H]4COc5ccccc5O4)nn3c2=O)cc1. The quantitative estimate of drug-likeness (QED) is 0.400. The third-order valence-corrected chi connectivity index (χ3v) is 6.15. The minimum Gasteiger partial charge on any atom is -0.494 e. The number of para-hydroxylation sites is 2. The van der Waals surface area contributed by atoms with Crippen molar-refractivity contribution in [2.75, 3.05) is 13.2 Å². The lowest BCUT2D eigenvalue weighted by Crippen LogP contribution is -2.26. The Kier molecular flexibility index (Phi) is 5.77. The molecule has 0 amide bonds. The first-order chi connectivity index (χ1) is 15.7. The molecule has 0 fully saturated rings. The van der Waals surface area contributed by atoms with Gasteiger partial charge in [0.2, 0.25) is 4.96 Å². The molecule has 0 N–H and O–H groups in total. The van der Waals surface area contributed by atoms with E-state index in [0.717, 1.165) is 24.3 Å². The average Bonchev–Trinajstić information content (AvgIpc) is 3.37. The highest BCUT2D eigenvalue weighted by Crippen LogP contribution is 2.35. The minimum absolute atomic E-state index is 0.194. The van der Waals surface area contributed by atoms with Crippen molar-refractivity contribution in [2.24, 2.45) is 0 Å². The molecule has 32 heavy (non-hydrogen) atoms. The summed E-state index contributed by atoms with van der Waals surface area (Å²) >= 11 is 1.31. The Hall–Kier alpha value is -3.39. The molecular weight excluding hydrogens is 426 g/mol. The van der Waals surface area contributed by atoms with Crippen LogP contribution in [0.3, 0.4) is 0 Å². The summed E-state index contributed by atoms with van der Waals surface area (Å²) in [5.74, 6) is 2.63. The Morgan fingerprint density at radius 3 is 2.75 bits per heavy atom. The van der Waals surface area contributed by atoms with Crippen molar-refractivity contribution in [3.05, 3.63) is 74.8 Å². The predicted octanol–water partition coefficient (Wildman–Crippen LogP) is 3.78. The van der Waals surface area contributed by atoms with Gasteiger partial charge in [-0.3, -0.25) is 4.79 Å². The molecule has 2 aromatic carbocycles. The van der Waals surface area contributed by atoms with Crippen LogP contribution in [0.2, 0.25) is 0 Å². The number of fused-ring (bicyclic) bond motifs is 2. The van der Waals surface area contributed by atoms with Gasteiger partial charge in [0.25, 0.3) is 5.56 Å². The van der Waals surface area contributed by atoms with Crippen LogP contribution in [0.15, 0.2) is 53.3 Å². The van der Waals surface area contributed by atoms with Gasteiger partial charge in [-0.25, -0.2) is 0 Å². The molecule has 7 nitrogen and oxygen atoms in total. The topological polar surface area (TPSA) is 74.9 Å². The second-order valence-electron chi connectivity index (χ2n) is 7.57. The molecule has 0 aliphatic carbocycles. The summed E-state index contributed by atoms with van der Waals surface area (Å²) in [5, 5.41) is 4.39. The summed E-state index contributed by atoms with van der Waals surface area (Å²) in [5.41, 5.74) is 0.731. The van der Waals surface area contributed by atoms with E-state index in [1.807, 2.05) is 54.6 Å². The van der Waals surface area contributed by atoms with Crippen molar-refractivity contribution < 1.29 is 14.2 Å². The average molecular weight is 450 g/mol. The fourth-order valence-electron chi connectivity index (χ4n) is 3.49. The molecule has 3 heterocycles. The van der Waals surface area contributed by atoms with E-state index in [1.54, 1.807) is 0 Å². The van der Waals surface area contributed by atoms with Gasteiger partial charge in [-0.2, -0.15) is 9.50 Å². The van der Waals surface area contributed by atoms with Gasteiger partial charge in [0.15, 0.2) is 23.4 Å². The third-order valence-electron chi connectivity index (χ3n) is 5.19. The Bertz CT molecular complexity index is 1330. The number of thiazole rings is 1. The van der Waals surface area contributed by atoms with Crippen LogP contribution < -0.4 is 24.3 Å². The van der Waals surface area contributed by atoms with Gasteiger partial charge in [0.1, 0.15) is 12.4 Å². The second-order valence-corrected chi connectivity index (χ2v) is 8.58. The van der Waals surface area contributed by atoms with E-state index in [4.69, 9.17) is 14.2 Å². The Morgan fingerprint density at radius 1 is 1.16 bits per heavy atom. The van der Waals surface area contributed by atoms with Crippen molar-refractivity contribution in [2.45, 2.75) is 32.3 Å². The number of benzene rings is 2. The molecule has 1 aliphatic rings. The van der Waals surface area contributed by atoms with Gasteiger partial charge in [0, 0.05) is 0 Å². The second kappa shape index (κ2) is 9.00. The zero-order valence-corrected chi connectivity index (χ0v) is 18.5. The molecule has 164 valence electrons. The molecule has 8 heteroatoms. The molecule has 4 aromatic rings. The maximum Gasteiger partial charge on any atom is 0.291 e. The lowest BCUT2D eigenvalue weighted by Gasteiger charge is -2.24. The predicted molar refractivity (Wildman–Crippen MR) is 123 cm³/mol. The molecular formula is C24H23N3O4S. The largest absolute Gasteiger partial charge is 0.494 e. The van der Waals surface area contributed by atoms with Crippen LogP contribution in [0, 0.1) is 0 Å². The van der Waals surface area contributed by atoms with Crippen LogP contribution in [0.1, 0.15) is 43.7 Å². The summed E-state index contributed by atoms with van der Waals surface area (Å²) in [6.45, 7) is 3.19. The molecule has 0 radical (unpaired) electrons. The molecule has 2 aromatic heterocycles. The molecule has 0 saturated heterocycles. The van der Waals surface area contributed by atoms with Crippen LogP contribution >= 0.6 is 11.3 Å². The maximum atomic E-state index is 12.8. The highest BCUT2D eigenvalue weighted by atomic mass is 32.1. The van der Waals surface area contributed by atoms with Crippen LogP contribution in [0.5, 0.6) is 17.2 Å². The number of ether oxygens (including phenoxy) is 3. The fraction of sp³-hybridized carbons (Fsp3) is 0.292. The zero-order valence-electron chi connectivity index (χ0n) is 17.7.